The maximum Gasteiger partial charge on any atom is 0.250 e. The van der Waals surface area contributed by atoms with Gasteiger partial charge in [0.15, 0.2) is 11.5 Å². The van der Waals surface area contributed by atoms with Crippen molar-refractivity contribution in [2.45, 2.75) is 19.4 Å². The molecule has 2 aliphatic rings. The highest BCUT2D eigenvalue weighted by Gasteiger charge is 2.25. The van der Waals surface area contributed by atoms with E-state index in [0.29, 0.717) is 23.0 Å². The summed E-state index contributed by atoms with van der Waals surface area (Å²) in [6.45, 7) is 4.33. The number of halogens is 1. The molecule has 2 unspecified atom stereocenters. The van der Waals surface area contributed by atoms with Gasteiger partial charge in [0, 0.05) is 11.6 Å². The van der Waals surface area contributed by atoms with Crippen molar-refractivity contribution < 1.29 is 14.3 Å². The normalized spacial score (nSPS) is 22.8. The predicted octanol–water partition coefficient (Wildman–Crippen LogP) is 2.01. The standard InChI is InChI=1S/C17H22N2O3.ClH/c1-11-9-18-7-6-14(11)19-17(20)13-8-12-4-3-5-15(21-2)16(12)22-10-13;/h3-5,8,11,14,18H,6-7,9-10H2,1-2H3,(H,19,20);1H. The van der Waals surface area contributed by atoms with Crippen molar-refractivity contribution in [3.8, 4) is 11.5 Å². The maximum absolute atomic E-state index is 12.5. The molecule has 2 aliphatic heterocycles. The molecule has 126 valence electrons. The maximum atomic E-state index is 12.5. The average molecular weight is 339 g/mol. The predicted molar refractivity (Wildman–Crippen MR) is 92.3 cm³/mol. The largest absolute Gasteiger partial charge is 0.493 e. The smallest absolute Gasteiger partial charge is 0.250 e. The Morgan fingerprint density at radius 1 is 1.43 bits per heavy atom. The molecule has 2 heterocycles. The van der Waals surface area contributed by atoms with Gasteiger partial charge in [-0.25, -0.2) is 0 Å². The lowest BCUT2D eigenvalue weighted by atomic mass is 9.95. The second kappa shape index (κ2) is 7.70. The Balaban J connectivity index is 0.00000192. The van der Waals surface area contributed by atoms with Crippen LogP contribution in [0.4, 0.5) is 0 Å². The number of carbonyl (C=O) groups is 1. The molecule has 0 spiro atoms. The number of fused-ring (bicyclic) bond motifs is 1. The highest BCUT2D eigenvalue weighted by atomic mass is 35.5. The molecule has 1 aromatic rings. The fourth-order valence-electron chi connectivity index (χ4n) is 2.96. The number of amides is 1. The molecule has 0 radical (unpaired) electrons. The van der Waals surface area contributed by atoms with Crippen molar-refractivity contribution in [3.05, 3.63) is 29.3 Å². The Labute approximate surface area is 142 Å². The van der Waals surface area contributed by atoms with Gasteiger partial charge in [-0.2, -0.15) is 0 Å². The Kier molecular flexibility index (Phi) is 5.91. The van der Waals surface area contributed by atoms with Crippen LogP contribution in [0.3, 0.4) is 0 Å². The summed E-state index contributed by atoms with van der Waals surface area (Å²) in [5.74, 6) is 1.80. The Morgan fingerprint density at radius 3 is 3.00 bits per heavy atom. The first-order chi connectivity index (χ1) is 10.7. The van der Waals surface area contributed by atoms with E-state index in [4.69, 9.17) is 9.47 Å². The molecular formula is C17H23ClN2O3. The number of nitrogens with one attached hydrogen (secondary N) is 2. The number of methoxy groups -OCH3 is 1. The van der Waals surface area contributed by atoms with Crippen LogP contribution in [-0.4, -0.2) is 38.8 Å². The van der Waals surface area contributed by atoms with Gasteiger partial charge in [-0.3, -0.25) is 4.79 Å². The lowest BCUT2D eigenvalue weighted by Gasteiger charge is -2.31. The molecule has 2 N–H and O–H groups in total. The zero-order valence-corrected chi connectivity index (χ0v) is 14.2. The van der Waals surface area contributed by atoms with E-state index in [-0.39, 0.29) is 31.0 Å². The number of piperidine rings is 1. The lowest BCUT2D eigenvalue weighted by molar-refractivity contribution is -0.118. The topological polar surface area (TPSA) is 59.6 Å². The van der Waals surface area contributed by atoms with Crippen molar-refractivity contribution in [2.24, 2.45) is 5.92 Å². The van der Waals surface area contributed by atoms with Gasteiger partial charge in [0.1, 0.15) is 6.61 Å². The first-order valence-corrected chi connectivity index (χ1v) is 7.71. The number of hydrogen-bond donors (Lipinski definition) is 2. The van der Waals surface area contributed by atoms with Gasteiger partial charge >= 0.3 is 0 Å². The van der Waals surface area contributed by atoms with Gasteiger partial charge < -0.3 is 20.1 Å². The Hall–Kier alpha value is -1.72. The molecule has 1 amide bonds. The van der Waals surface area contributed by atoms with Crippen LogP contribution in [-0.2, 0) is 4.79 Å². The van der Waals surface area contributed by atoms with E-state index < -0.39 is 0 Å². The minimum Gasteiger partial charge on any atom is -0.493 e. The number of benzene rings is 1. The number of para-hydroxylation sites is 1. The minimum atomic E-state index is -0.0350. The highest BCUT2D eigenvalue weighted by Crippen LogP contribution is 2.35. The van der Waals surface area contributed by atoms with Crippen molar-refractivity contribution in [2.75, 3.05) is 26.8 Å². The van der Waals surface area contributed by atoms with Crippen LogP contribution in [0.1, 0.15) is 18.9 Å². The van der Waals surface area contributed by atoms with E-state index in [1.165, 1.54) is 0 Å². The molecule has 0 aromatic heterocycles. The SMILES string of the molecule is COc1cccc2c1OCC(C(=O)NC1CCNCC1C)=C2.Cl. The molecule has 3 rings (SSSR count). The van der Waals surface area contributed by atoms with Crippen molar-refractivity contribution in [1.29, 1.82) is 0 Å². The van der Waals surface area contributed by atoms with Gasteiger partial charge in [-0.15, -0.1) is 12.4 Å². The molecular weight excluding hydrogens is 316 g/mol. The van der Waals surface area contributed by atoms with Crippen LogP contribution in [0.25, 0.3) is 6.08 Å². The van der Waals surface area contributed by atoms with Crippen LogP contribution in [0.5, 0.6) is 11.5 Å². The van der Waals surface area contributed by atoms with Gasteiger partial charge in [0.25, 0.3) is 5.91 Å². The van der Waals surface area contributed by atoms with Crippen LogP contribution >= 0.6 is 12.4 Å². The number of carbonyl (C=O) groups excluding carboxylic acids is 1. The zero-order chi connectivity index (χ0) is 15.5. The molecule has 2 atom stereocenters. The van der Waals surface area contributed by atoms with E-state index in [1.807, 2.05) is 24.3 Å². The summed E-state index contributed by atoms with van der Waals surface area (Å²) in [7, 11) is 1.61. The summed E-state index contributed by atoms with van der Waals surface area (Å²) in [6.07, 6.45) is 2.86. The molecule has 0 saturated carbocycles. The van der Waals surface area contributed by atoms with E-state index in [2.05, 4.69) is 17.6 Å². The molecule has 6 heteroatoms. The van der Waals surface area contributed by atoms with Crippen LogP contribution in [0, 0.1) is 5.92 Å². The summed E-state index contributed by atoms with van der Waals surface area (Å²) < 4.78 is 11.0. The van der Waals surface area contributed by atoms with Gasteiger partial charge in [0.2, 0.25) is 0 Å². The number of rotatable bonds is 3. The van der Waals surface area contributed by atoms with E-state index in [1.54, 1.807) is 7.11 Å². The van der Waals surface area contributed by atoms with Crippen molar-refractivity contribution >= 4 is 24.4 Å². The van der Waals surface area contributed by atoms with E-state index >= 15 is 0 Å². The Morgan fingerprint density at radius 2 is 2.26 bits per heavy atom. The Bertz CT molecular complexity index is 604. The summed E-state index contributed by atoms with van der Waals surface area (Å²) in [5.41, 5.74) is 1.54. The first-order valence-electron chi connectivity index (χ1n) is 7.71. The van der Waals surface area contributed by atoms with Crippen LogP contribution in [0.2, 0.25) is 0 Å². The fraction of sp³-hybridized carbons (Fsp3) is 0.471. The quantitative estimate of drug-likeness (QED) is 0.885. The third-order valence-electron chi connectivity index (χ3n) is 4.32. The summed E-state index contributed by atoms with van der Waals surface area (Å²) in [6, 6.07) is 5.90. The summed E-state index contributed by atoms with van der Waals surface area (Å²) in [5, 5.41) is 6.48. The molecule has 1 fully saturated rings. The van der Waals surface area contributed by atoms with Gasteiger partial charge in [-0.1, -0.05) is 19.1 Å². The average Bonchev–Trinajstić information content (AvgIpc) is 2.55. The monoisotopic (exact) mass is 338 g/mol. The lowest BCUT2D eigenvalue weighted by Crippen LogP contribution is -2.49. The van der Waals surface area contributed by atoms with Gasteiger partial charge in [0.05, 0.1) is 12.7 Å². The third kappa shape index (κ3) is 3.79. The number of hydrogen-bond acceptors (Lipinski definition) is 4. The summed E-state index contributed by atoms with van der Waals surface area (Å²) >= 11 is 0. The minimum absolute atomic E-state index is 0. The van der Waals surface area contributed by atoms with Crippen LogP contribution < -0.4 is 20.1 Å². The molecule has 0 aliphatic carbocycles. The van der Waals surface area contributed by atoms with Gasteiger partial charge in [-0.05, 0) is 37.6 Å². The number of ether oxygens (including phenoxy) is 2. The highest BCUT2D eigenvalue weighted by molar-refractivity contribution is 5.99. The summed E-state index contributed by atoms with van der Waals surface area (Å²) in [4.78, 5) is 12.5. The first kappa shape index (κ1) is 17.6. The van der Waals surface area contributed by atoms with Crippen LogP contribution in [0.15, 0.2) is 23.8 Å². The zero-order valence-electron chi connectivity index (χ0n) is 13.4. The molecule has 0 bridgehead atoms. The van der Waals surface area contributed by atoms with Crippen molar-refractivity contribution in [1.82, 2.24) is 10.6 Å². The second-order valence-corrected chi connectivity index (χ2v) is 5.89. The van der Waals surface area contributed by atoms with E-state index in [9.17, 15) is 4.79 Å². The second-order valence-electron chi connectivity index (χ2n) is 5.89. The third-order valence-corrected chi connectivity index (χ3v) is 4.32. The van der Waals surface area contributed by atoms with Crippen molar-refractivity contribution in [3.63, 3.8) is 0 Å². The van der Waals surface area contributed by atoms with E-state index in [0.717, 1.165) is 25.1 Å². The molecule has 1 aromatic carbocycles. The molecule has 1 saturated heterocycles. The molecule has 5 nitrogen and oxygen atoms in total. The fourth-order valence-corrected chi connectivity index (χ4v) is 2.96. The molecule has 23 heavy (non-hydrogen) atoms.